The van der Waals surface area contributed by atoms with E-state index in [2.05, 4.69) is 25.6 Å². The topological polar surface area (TPSA) is 77.5 Å². The summed E-state index contributed by atoms with van der Waals surface area (Å²) >= 11 is 3.29. The lowest BCUT2D eigenvalue weighted by Gasteiger charge is -2.12. The summed E-state index contributed by atoms with van der Waals surface area (Å²) < 4.78 is 39.1. The second-order valence-electron chi connectivity index (χ2n) is 5.59. The number of nitrogens with zero attached hydrogens (tertiary/aromatic N) is 1. The number of ether oxygens (including phenoxy) is 2. The summed E-state index contributed by atoms with van der Waals surface area (Å²) in [5, 5.41) is 0. The minimum Gasteiger partial charge on any atom is -0.497 e. The number of anilines is 1. The molecule has 1 heterocycles. The van der Waals surface area contributed by atoms with Crippen LogP contribution in [0.5, 0.6) is 11.5 Å². The van der Waals surface area contributed by atoms with Crippen LogP contribution in [0.3, 0.4) is 0 Å². The maximum Gasteiger partial charge on any atom is 0.265 e. The van der Waals surface area contributed by atoms with E-state index in [-0.39, 0.29) is 10.6 Å². The number of halogens is 1. The Morgan fingerprint density at radius 2 is 1.67 bits per heavy atom. The molecule has 0 aliphatic carbocycles. The molecule has 0 saturated carbocycles. The number of pyridine rings is 1. The molecule has 1 N–H and O–H groups in total. The Hall–Kier alpha value is -2.58. The summed E-state index contributed by atoms with van der Waals surface area (Å²) in [6.07, 6.45) is 3.12. The molecule has 0 unspecified atom stereocenters. The highest BCUT2D eigenvalue weighted by atomic mass is 79.9. The van der Waals surface area contributed by atoms with Gasteiger partial charge in [0.15, 0.2) is 0 Å². The molecule has 0 amide bonds. The minimum absolute atomic E-state index is 0.0363. The Kier molecular flexibility index (Phi) is 5.67. The van der Waals surface area contributed by atoms with E-state index in [1.807, 2.05) is 24.3 Å². The van der Waals surface area contributed by atoms with Crippen molar-refractivity contribution in [3.63, 3.8) is 0 Å². The van der Waals surface area contributed by atoms with Gasteiger partial charge in [-0.05, 0) is 42.0 Å². The average Bonchev–Trinajstić information content (AvgIpc) is 2.68. The fraction of sp³-hybridized carbons (Fsp3) is 0.105. The standard InChI is InChI=1S/C19H17BrN2O4S/c1-25-17-6-3-13(4-7-17)14-9-16(12-21-11-14)22-27(23,24)19-10-15(20)5-8-18(19)26-2/h3-12,22H,1-2H3. The molecule has 0 spiro atoms. The van der Waals surface area contributed by atoms with Crippen molar-refractivity contribution in [2.75, 3.05) is 18.9 Å². The van der Waals surface area contributed by atoms with Gasteiger partial charge in [0.25, 0.3) is 10.0 Å². The van der Waals surface area contributed by atoms with Gasteiger partial charge in [0.2, 0.25) is 0 Å². The van der Waals surface area contributed by atoms with Gasteiger partial charge in [-0.2, -0.15) is 0 Å². The fourth-order valence-electron chi connectivity index (χ4n) is 2.51. The van der Waals surface area contributed by atoms with E-state index in [9.17, 15) is 8.42 Å². The largest absolute Gasteiger partial charge is 0.497 e. The molecule has 2 aromatic carbocycles. The highest BCUT2D eigenvalue weighted by Gasteiger charge is 2.20. The molecule has 0 aliphatic rings. The van der Waals surface area contributed by atoms with Crippen LogP contribution in [0.15, 0.2) is 70.3 Å². The monoisotopic (exact) mass is 448 g/mol. The van der Waals surface area contributed by atoms with Crippen LogP contribution in [0.1, 0.15) is 0 Å². The van der Waals surface area contributed by atoms with Gasteiger partial charge in [-0.25, -0.2) is 8.42 Å². The molecule has 0 atom stereocenters. The fourth-order valence-corrected chi connectivity index (χ4v) is 4.25. The number of nitrogens with one attached hydrogen (secondary N) is 1. The maximum atomic E-state index is 12.8. The Morgan fingerprint density at radius 1 is 0.926 bits per heavy atom. The van der Waals surface area contributed by atoms with Crippen LogP contribution in [-0.2, 0) is 10.0 Å². The third-order valence-electron chi connectivity index (χ3n) is 3.83. The third-order valence-corrected chi connectivity index (χ3v) is 5.72. The second kappa shape index (κ2) is 7.98. The first-order valence-electron chi connectivity index (χ1n) is 7.89. The quantitative estimate of drug-likeness (QED) is 0.606. The highest BCUT2D eigenvalue weighted by molar-refractivity contribution is 9.10. The summed E-state index contributed by atoms with van der Waals surface area (Å²) in [5.41, 5.74) is 2.02. The van der Waals surface area contributed by atoms with Gasteiger partial charge < -0.3 is 9.47 Å². The van der Waals surface area contributed by atoms with E-state index in [1.165, 1.54) is 19.4 Å². The summed E-state index contributed by atoms with van der Waals surface area (Å²) in [7, 11) is -0.829. The van der Waals surface area contributed by atoms with Crippen molar-refractivity contribution in [3.05, 3.63) is 65.4 Å². The summed E-state index contributed by atoms with van der Waals surface area (Å²) in [6.45, 7) is 0. The zero-order valence-corrected chi connectivity index (χ0v) is 17.0. The number of rotatable bonds is 6. The normalized spacial score (nSPS) is 11.1. The molecule has 8 heteroatoms. The Balaban J connectivity index is 1.92. The number of sulfonamides is 1. The van der Waals surface area contributed by atoms with Crippen molar-refractivity contribution in [1.82, 2.24) is 4.98 Å². The zero-order valence-electron chi connectivity index (χ0n) is 14.6. The average molecular weight is 449 g/mol. The minimum atomic E-state index is -3.85. The van der Waals surface area contributed by atoms with Crippen molar-refractivity contribution < 1.29 is 17.9 Å². The van der Waals surface area contributed by atoms with Crippen LogP contribution in [0, 0.1) is 0 Å². The van der Waals surface area contributed by atoms with Crippen LogP contribution in [0.4, 0.5) is 5.69 Å². The van der Waals surface area contributed by atoms with Crippen LogP contribution in [0.2, 0.25) is 0 Å². The molecule has 6 nitrogen and oxygen atoms in total. The van der Waals surface area contributed by atoms with E-state index >= 15 is 0 Å². The molecule has 140 valence electrons. The highest BCUT2D eigenvalue weighted by Crippen LogP contribution is 2.30. The molecule has 1 aromatic heterocycles. The van der Waals surface area contributed by atoms with Gasteiger partial charge in [0.1, 0.15) is 16.4 Å². The number of benzene rings is 2. The second-order valence-corrected chi connectivity index (χ2v) is 8.16. The van der Waals surface area contributed by atoms with Crippen LogP contribution >= 0.6 is 15.9 Å². The van der Waals surface area contributed by atoms with Gasteiger partial charge in [0.05, 0.1) is 26.1 Å². The third kappa shape index (κ3) is 4.40. The zero-order chi connectivity index (χ0) is 19.4. The lowest BCUT2D eigenvalue weighted by Crippen LogP contribution is -2.14. The summed E-state index contributed by atoms with van der Waals surface area (Å²) in [4.78, 5) is 4.18. The van der Waals surface area contributed by atoms with Gasteiger partial charge in [0, 0.05) is 16.2 Å². The molecule has 0 saturated heterocycles. The predicted molar refractivity (Wildman–Crippen MR) is 108 cm³/mol. The van der Waals surface area contributed by atoms with Gasteiger partial charge in [-0.1, -0.05) is 28.1 Å². The predicted octanol–water partition coefficient (Wildman–Crippen LogP) is 4.33. The molecule has 0 aliphatic heterocycles. The molecule has 0 bridgehead atoms. The smallest absolute Gasteiger partial charge is 0.265 e. The van der Waals surface area contributed by atoms with Gasteiger partial charge in [-0.3, -0.25) is 9.71 Å². The van der Waals surface area contributed by atoms with Gasteiger partial charge >= 0.3 is 0 Å². The first-order valence-corrected chi connectivity index (χ1v) is 10.2. The van der Waals surface area contributed by atoms with E-state index in [4.69, 9.17) is 9.47 Å². The molecule has 3 aromatic rings. The summed E-state index contributed by atoms with van der Waals surface area (Å²) in [6, 6.07) is 13.9. The molecule has 3 rings (SSSR count). The van der Waals surface area contributed by atoms with Crippen LogP contribution in [0.25, 0.3) is 11.1 Å². The SMILES string of the molecule is COc1ccc(-c2cncc(NS(=O)(=O)c3cc(Br)ccc3OC)c2)cc1. The Labute approximate surface area is 166 Å². The van der Waals surface area contributed by atoms with Crippen molar-refractivity contribution >= 4 is 31.6 Å². The van der Waals surface area contributed by atoms with Crippen molar-refractivity contribution in [2.24, 2.45) is 0 Å². The van der Waals surface area contributed by atoms with E-state index in [0.717, 1.165) is 16.9 Å². The summed E-state index contributed by atoms with van der Waals surface area (Å²) in [5.74, 6) is 0.996. The lowest BCUT2D eigenvalue weighted by molar-refractivity contribution is 0.403. The number of hydrogen-bond acceptors (Lipinski definition) is 5. The Morgan fingerprint density at radius 3 is 2.33 bits per heavy atom. The molecule has 27 heavy (non-hydrogen) atoms. The number of aromatic nitrogens is 1. The van der Waals surface area contributed by atoms with Crippen molar-refractivity contribution in [3.8, 4) is 22.6 Å². The molecular formula is C19H17BrN2O4S. The van der Waals surface area contributed by atoms with E-state index < -0.39 is 10.0 Å². The number of methoxy groups -OCH3 is 2. The van der Waals surface area contributed by atoms with E-state index in [0.29, 0.717) is 10.2 Å². The van der Waals surface area contributed by atoms with Crippen molar-refractivity contribution in [2.45, 2.75) is 4.90 Å². The van der Waals surface area contributed by atoms with Gasteiger partial charge in [-0.15, -0.1) is 0 Å². The number of hydrogen-bond donors (Lipinski definition) is 1. The molecular weight excluding hydrogens is 432 g/mol. The molecule has 0 fully saturated rings. The lowest BCUT2D eigenvalue weighted by atomic mass is 10.1. The maximum absolute atomic E-state index is 12.8. The first kappa shape index (κ1) is 19.2. The Bertz CT molecular complexity index is 1050. The van der Waals surface area contributed by atoms with Crippen LogP contribution < -0.4 is 14.2 Å². The van der Waals surface area contributed by atoms with E-state index in [1.54, 1.807) is 31.5 Å². The van der Waals surface area contributed by atoms with Crippen molar-refractivity contribution in [1.29, 1.82) is 0 Å². The van der Waals surface area contributed by atoms with Crippen LogP contribution in [-0.4, -0.2) is 27.6 Å². The molecule has 0 radical (unpaired) electrons. The first-order chi connectivity index (χ1) is 12.9.